The van der Waals surface area contributed by atoms with Gasteiger partial charge in [-0.05, 0) is 37.3 Å². The molecule has 1 unspecified atom stereocenters. The van der Waals surface area contributed by atoms with Crippen LogP contribution in [0, 0.1) is 5.92 Å². The maximum absolute atomic E-state index is 6.21. The number of rotatable bonds is 5. The van der Waals surface area contributed by atoms with Crippen LogP contribution < -0.4 is 5.73 Å². The molecule has 2 N–H and O–H groups in total. The maximum atomic E-state index is 6.21. The molecule has 3 heteroatoms. The number of thiophene rings is 1. The lowest BCUT2D eigenvalue weighted by Gasteiger charge is -2.28. The van der Waals surface area contributed by atoms with Crippen LogP contribution in [0.1, 0.15) is 43.0 Å². The van der Waals surface area contributed by atoms with Crippen molar-refractivity contribution >= 4 is 11.3 Å². The minimum absolute atomic E-state index is 0.184. The van der Waals surface area contributed by atoms with Gasteiger partial charge in [-0.25, -0.2) is 0 Å². The average Bonchev–Trinajstić information content (AvgIpc) is 2.83. The largest absolute Gasteiger partial charge is 0.322 e. The van der Waals surface area contributed by atoms with Gasteiger partial charge in [0.05, 0.1) is 6.04 Å². The molecule has 0 saturated heterocycles. The maximum Gasteiger partial charge on any atom is 0.0518 e. The van der Waals surface area contributed by atoms with Crippen molar-refractivity contribution in [2.75, 3.05) is 20.1 Å². The Kier molecular flexibility index (Phi) is 5.01. The van der Waals surface area contributed by atoms with Crippen LogP contribution in [0.4, 0.5) is 0 Å². The van der Waals surface area contributed by atoms with Crippen LogP contribution in [-0.4, -0.2) is 25.0 Å². The molecule has 1 fully saturated rings. The number of hydrogen-bond donors (Lipinski definition) is 1. The van der Waals surface area contributed by atoms with E-state index in [1.54, 1.807) is 11.3 Å². The predicted octanol–water partition coefficient (Wildman–Crippen LogP) is 3.26. The summed E-state index contributed by atoms with van der Waals surface area (Å²) in [4.78, 5) is 3.72. The van der Waals surface area contributed by atoms with Gasteiger partial charge in [0.15, 0.2) is 0 Å². The van der Waals surface area contributed by atoms with E-state index in [4.69, 9.17) is 5.73 Å². The van der Waals surface area contributed by atoms with Crippen molar-refractivity contribution in [2.45, 2.75) is 38.1 Å². The first-order valence-corrected chi connectivity index (χ1v) is 7.61. The Bertz CT molecular complexity index is 304. The van der Waals surface area contributed by atoms with Crippen LogP contribution in [0.25, 0.3) is 0 Å². The zero-order valence-electron chi connectivity index (χ0n) is 10.8. The van der Waals surface area contributed by atoms with Crippen molar-refractivity contribution in [3.8, 4) is 0 Å². The lowest BCUT2D eigenvalue weighted by molar-refractivity contribution is 0.225. The van der Waals surface area contributed by atoms with Gasteiger partial charge >= 0.3 is 0 Å². The molecule has 1 atom stereocenters. The second-order valence-corrected chi connectivity index (χ2v) is 6.33. The Morgan fingerprint density at radius 3 is 2.82 bits per heavy atom. The molecule has 1 saturated carbocycles. The van der Waals surface area contributed by atoms with E-state index in [2.05, 4.69) is 29.5 Å². The van der Waals surface area contributed by atoms with Gasteiger partial charge in [0, 0.05) is 18.0 Å². The van der Waals surface area contributed by atoms with E-state index in [0.717, 1.165) is 12.5 Å². The fourth-order valence-corrected chi connectivity index (χ4v) is 3.53. The zero-order valence-corrected chi connectivity index (χ0v) is 11.6. The van der Waals surface area contributed by atoms with Crippen molar-refractivity contribution in [3.63, 3.8) is 0 Å². The topological polar surface area (TPSA) is 29.3 Å². The zero-order chi connectivity index (χ0) is 12.1. The Balaban J connectivity index is 1.74. The SMILES string of the molecule is CN(CC1CCCCC1)CC(N)c1cccs1. The minimum Gasteiger partial charge on any atom is -0.322 e. The Labute approximate surface area is 109 Å². The molecule has 1 aromatic rings. The van der Waals surface area contributed by atoms with Crippen LogP contribution >= 0.6 is 11.3 Å². The second-order valence-electron chi connectivity index (χ2n) is 5.35. The molecule has 0 aliphatic heterocycles. The summed E-state index contributed by atoms with van der Waals surface area (Å²) in [6.07, 6.45) is 7.12. The summed E-state index contributed by atoms with van der Waals surface area (Å²) in [5.41, 5.74) is 6.21. The molecule has 0 radical (unpaired) electrons. The summed E-state index contributed by atoms with van der Waals surface area (Å²) in [6, 6.07) is 4.41. The summed E-state index contributed by atoms with van der Waals surface area (Å²) in [5, 5.41) is 2.11. The van der Waals surface area contributed by atoms with Crippen LogP contribution in [0.3, 0.4) is 0 Å². The van der Waals surface area contributed by atoms with Crippen molar-refractivity contribution in [1.82, 2.24) is 4.90 Å². The predicted molar refractivity (Wildman–Crippen MR) is 75.3 cm³/mol. The summed E-state index contributed by atoms with van der Waals surface area (Å²) in [5.74, 6) is 0.907. The highest BCUT2D eigenvalue weighted by atomic mass is 32.1. The highest BCUT2D eigenvalue weighted by Gasteiger charge is 2.17. The molecule has 1 aliphatic rings. The first kappa shape index (κ1) is 13.1. The monoisotopic (exact) mass is 252 g/mol. The van der Waals surface area contributed by atoms with Gasteiger partial charge in [0.2, 0.25) is 0 Å². The molecule has 1 aromatic heterocycles. The molecule has 1 aliphatic carbocycles. The average molecular weight is 252 g/mol. The molecular formula is C14H24N2S. The van der Waals surface area contributed by atoms with E-state index in [9.17, 15) is 0 Å². The third-order valence-corrected chi connectivity index (χ3v) is 4.72. The van der Waals surface area contributed by atoms with Crippen molar-refractivity contribution in [2.24, 2.45) is 11.7 Å². The van der Waals surface area contributed by atoms with Crippen molar-refractivity contribution in [1.29, 1.82) is 0 Å². The highest BCUT2D eigenvalue weighted by Crippen LogP contribution is 2.25. The second kappa shape index (κ2) is 6.53. The van der Waals surface area contributed by atoms with Gasteiger partial charge in [-0.2, -0.15) is 0 Å². The van der Waals surface area contributed by atoms with E-state index in [0.29, 0.717) is 0 Å². The Morgan fingerprint density at radius 1 is 1.41 bits per heavy atom. The van der Waals surface area contributed by atoms with Crippen molar-refractivity contribution < 1.29 is 0 Å². The third-order valence-electron chi connectivity index (χ3n) is 3.71. The van der Waals surface area contributed by atoms with E-state index < -0.39 is 0 Å². The molecule has 2 nitrogen and oxygen atoms in total. The normalized spacial score (nSPS) is 19.7. The molecule has 0 spiro atoms. The van der Waals surface area contributed by atoms with Gasteiger partial charge in [-0.15, -0.1) is 11.3 Å². The molecule has 0 bridgehead atoms. The number of nitrogens with zero attached hydrogens (tertiary/aromatic N) is 1. The smallest absolute Gasteiger partial charge is 0.0518 e. The fraction of sp³-hybridized carbons (Fsp3) is 0.714. The van der Waals surface area contributed by atoms with Gasteiger partial charge in [0.25, 0.3) is 0 Å². The van der Waals surface area contributed by atoms with Gasteiger partial charge in [0.1, 0.15) is 0 Å². The molecule has 0 amide bonds. The van der Waals surface area contributed by atoms with E-state index >= 15 is 0 Å². The van der Waals surface area contributed by atoms with E-state index in [-0.39, 0.29) is 6.04 Å². The highest BCUT2D eigenvalue weighted by molar-refractivity contribution is 7.10. The molecule has 1 heterocycles. The number of hydrogen-bond acceptors (Lipinski definition) is 3. The lowest BCUT2D eigenvalue weighted by atomic mass is 9.89. The lowest BCUT2D eigenvalue weighted by Crippen LogP contribution is -2.33. The summed E-state index contributed by atoms with van der Waals surface area (Å²) >= 11 is 1.77. The van der Waals surface area contributed by atoms with Crippen LogP contribution in [0.2, 0.25) is 0 Å². The first-order valence-electron chi connectivity index (χ1n) is 6.73. The Morgan fingerprint density at radius 2 is 2.18 bits per heavy atom. The molecule has 0 aromatic carbocycles. The third kappa shape index (κ3) is 4.09. The van der Waals surface area contributed by atoms with Gasteiger partial charge in [-0.3, -0.25) is 0 Å². The summed E-state index contributed by atoms with van der Waals surface area (Å²) in [7, 11) is 2.21. The van der Waals surface area contributed by atoms with Crippen LogP contribution in [0.5, 0.6) is 0 Å². The van der Waals surface area contributed by atoms with E-state index in [1.165, 1.54) is 43.5 Å². The van der Waals surface area contributed by atoms with Crippen LogP contribution in [-0.2, 0) is 0 Å². The quantitative estimate of drug-likeness (QED) is 0.871. The van der Waals surface area contributed by atoms with Crippen LogP contribution in [0.15, 0.2) is 17.5 Å². The minimum atomic E-state index is 0.184. The summed E-state index contributed by atoms with van der Waals surface area (Å²) in [6.45, 7) is 2.20. The first-order chi connectivity index (χ1) is 8.25. The number of nitrogens with two attached hydrogens (primary N) is 1. The standard InChI is InChI=1S/C14H24N2S/c1-16(10-12-6-3-2-4-7-12)11-13(15)14-8-5-9-17-14/h5,8-9,12-13H,2-4,6-7,10-11,15H2,1H3. The van der Waals surface area contributed by atoms with Gasteiger partial charge in [-0.1, -0.05) is 25.3 Å². The van der Waals surface area contributed by atoms with Crippen molar-refractivity contribution in [3.05, 3.63) is 22.4 Å². The van der Waals surface area contributed by atoms with E-state index in [1.807, 2.05) is 0 Å². The fourth-order valence-electron chi connectivity index (χ4n) is 2.81. The molecule has 96 valence electrons. The Hall–Kier alpha value is -0.380. The molecule has 2 rings (SSSR count). The number of likely N-dealkylation sites (N-methyl/N-ethyl adjacent to an activating group) is 1. The summed E-state index contributed by atoms with van der Waals surface area (Å²) < 4.78 is 0. The molecule has 17 heavy (non-hydrogen) atoms. The molecular weight excluding hydrogens is 228 g/mol. The van der Waals surface area contributed by atoms with Gasteiger partial charge < -0.3 is 10.6 Å².